The van der Waals surface area contributed by atoms with E-state index in [1.807, 2.05) is 36.4 Å². The van der Waals surface area contributed by atoms with E-state index in [0.29, 0.717) is 0 Å². The van der Waals surface area contributed by atoms with Gasteiger partial charge in [-0.2, -0.15) is 0 Å². The maximum atomic E-state index is 3.58. The molecule has 1 rings (SSSR count). The minimum Gasteiger partial charge on any atom is -0.0991 e. The molecule has 0 fully saturated rings. The Balaban J connectivity index is 2.76. The zero-order chi connectivity index (χ0) is 7.23. The van der Waals surface area contributed by atoms with Crippen LogP contribution in [0.4, 0.5) is 0 Å². The van der Waals surface area contributed by atoms with Crippen LogP contribution < -0.4 is 0 Å². The summed E-state index contributed by atoms with van der Waals surface area (Å²) in [6, 6.07) is 10.7. The Hall–Kier alpha value is -1.30. The molecule has 0 saturated heterocycles. The van der Waals surface area contributed by atoms with Crippen molar-refractivity contribution in [3.8, 4) is 0 Å². The zero-order valence-corrected chi connectivity index (χ0v) is 5.75. The van der Waals surface area contributed by atoms with Gasteiger partial charge in [0, 0.05) is 0 Å². The number of allylic oxidation sites excluding steroid dienone is 2. The first-order chi connectivity index (χ1) is 4.93. The average molecular weight is 129 g/mol. The summed E-state index contributed by atoms with van der Waals surface area (Å²) < 4.78 is 0. The highest BCUT2D eigenvalue weighted by atomic mass is 13.8. The lowest BCUT2D eigenvalue weighted by molar-refractivity contribution is 1.65. The van der Waals surface area contributed by atoms with Crippen LogP contribution in [0.3, 0.4) is 0 Å². The predicted molar refractivity (Wildman–Crippen MR) is 44.5 cm³/mol. The molecular formula is C10H9. The molecule has 10 heavy (non-hydrogen) atoms. The molecule has 0 atom stereocenters. The van der Waals surface area contributed by atoms with E-state index in [-0.39, 0.29) is 0 Å². The summed E-state index contributed by atoms with van der Waals surface area (Å²) in [4.78, 5) is 0. The summed E-state index contributed by atoms with van der Waals surface area (Å²) in [7, 11) is 0. The van der Waals surface area contributed by atoms with Gasteiger partial charge in [0.25, 0.3) is 0 Å². The van der Waals surface area contributed by atoms with Crippen LogP contribution in [0.2, 0.25) is 0 Å². The largest absolute Gasteiger partial charge is 0.0991 e. The Labute approximate surface area is 61.5 Å². The second-order valence-corrected chi connectivity index (χ2v) is 1.93. The fraction of sp³-hybridized carbons (Fsp3) is 0. The van der Waals surface area contributed by atoms with Gasteiger partial charge in [0.15, 0.2) is 0 Å². The smallest absolute Gasteiger partial charge is 0.0184 e. The predicted octanol–water partition coefficient (Wildman–Crippen LogP) is 2.69. The Kier molecular flexibility index (Phi) is 2.50. The van der Waals surface area contributed by atoms with Crippen LogP contribution in [0.5, 0.6) is 0 Å². The Morgan fingerprint density at radius 1 is 1.30 bits per heavy atom. The van der Waals surface area contributed by atoms with Gasteiger partial charge in [0.2, 0.25) is 0 Å². The molecule has 0 saturated carbocycles. The molecule has 0 nitrogen and oxygen atoms in total. The monoisotopic (exact) mass is 129 g/mol. The second kappa shape index (κ2) is 3.67. The summed E-state index contributed by atoms with van der Waals surface area (Å²) in [5.74, 6) is 0. The van der Waals surface area contributed by atoms with Crippen molar-refractivity contribution in [1.29, 1.82) is 0 Å². The van der Waals surface area contributed by atoms with E-state index in [2.05, 4.69) is 12.6 Å². The normalized spacial score (nSPS) is 10.0. The second-order valence-electron chi connectivity index (χ2n) is 1.93. The summed E-state index contributed by atoms with van der Waals surface area (Å²) in [6.45, 7) is 3.58. The Morgan fingerprint density at radius 3 is 2.60 bits per heavy atom. The van der Waals surface area contributed by atoms with Crippen molar-refractivity contribution in [2.45, 2.75) is 0 Å². The van der Waals surface area contributed by atoms with Gasteiger partial charge < -0.3 is 0 Å². The lowest BCUT2D eigenvalue weighted by Gasteiger charge is -1.86. The molecule has 0 amide bonds. The van der Waals surface area contributed by atoms with Gasteiger partial charge in [-0.05, 0) is 11.6 Å². The minimum absolute atomic E-state index is 1.18. The third-order valence-electron chi connectivity index (χ3n) is 1.17. The lowest BCUT2D eigenvalue weighted by Crippen LogP contribution is -1.66. The van der Waals surface area contributed by atoms with Crippen molar-refractivity contribution in [2.24, 2.45) is 0 Å². The topological polar surface area (TPSA) is 0 Å². The SMILES string of the molecule is C=C/C=C/c1cc[c]cc1. The van der Waals surface area contributed by atoms with Gasteiger partial charge in [-0.15, -0.1) is 0 Å². The van der Waals surface area contributed by atoms with Crippen molar-refractivity contribution < 1.29 is 0 Å². The number of hydrogen-bond acceptors (Lipinski definition) is 0. The molecular weight excluding hydrogens is 120 g/mol. The molecule has 0 heterocycles. The van der Waals surface area contributed by atoms with Crippen molar-refractivity contribution in [3.63, 3.8) is 0 Å². The van der Waals surface area contributed by atoms with E-state index in [1.54, 1.807) is 6.08 Å². The van der Waals surface area contributed by atoms with Crippen LogP contribution in [0.1, 0.15) is 5.56 Å². The van der Waals surface area contributed by atoms with Crippen molar-refractivity contribution in [3.05, 3.63) is 54.6 Å². The van der Waals surface area contributed by atoms with E-state index in [4.69, 9.17) is 0 Å². The highest BCUT2D eigenvalue weighted by Gasteiger charge is 1.78. The van der Waals surface area contributed by atoms with Crippen LogP contribution in [0, 0.1) is 6.07 Å². The van der Waals surface area contributed by atoms with E-state index < -0.39 is 0 Å². The lowest BCUT2D eigenvalue weighted by atomic mass is 10.2. The standard InChI is InChI=1S/C10H9/c1-2-3-7-10-8-5-4-6-9-10/h2-3,5-9H,1H2/b7-3+. The maximum absolute atomic E-state index is 3.58. The van der Waals surface area contributed by atoms with Crippen molar-refractivity contribution in [2.75, 3.05) is 0 Å². The fourth-order valence-electron chi connectivity index (χ4n) is 0.690. The molecule has 0 aliphatic heterocycles. The van der Waals surface area contributed by atoms with Gasteiger partial charge in [0.1, 0.15) is 0 Å². The van der Waals surface area contributed by atoms with Crippen LogP contribution in [0.25, 0.3) is 6.08 Å². The summed E-state index contributed by atoms with van der Waals surface area (Å²) >= 11 is 0. The Morgan fingerprint density at radius 2 is 2.00 bits per heavy atom. The molecule has 0 aliphatic carbocycles. The van der Waals surface area contributed by atoms with Crippen LogP contribution in [-0.2, 0) is 0 Å². The molecule has 49 valence electrons. The molecule has 0 aliphatic rings. The third-order valence-corrected chi connectivity index (χ3v) is 1.17. The van der Waals surface area contributed by atoms with Gasteiger partial charge in [-0.1, -0.05) is 49.1 Å². The summed E-state index contributed by atoms with van der Waals surface area (Å²) in [5, 5.41) is 0. The van der Waals surface area contributed by atoms with Crippen molar-refractivity contribution >= 4 is 6.08 Å². The highest BCUT2D eigenvalue weighted by molar-refractivity contribution is 5.50. The molecule has 0 heteroatoms. The van der Waals surface area contributed by atoms with E-state index >= 15 is 0 Å². The van der Waals surface area contributed by atoms with Crippen LogP contribution >= 0.6 is 0 Å². The molecule has 0 unspecified atom stereocenters. The number of benzene rings is 1. The molecule has 0 aromatic heterocycles. The number of rotatable bonds is 2. The van der Waals surface area contributed by atoms with E-state index in [9.17, 15) is 0 Å². The van der Waals surface area contributed by atoms with Gasteiger partial charge >= 0.3 is 0 Å². The summed E-state index contributed by atoms with van der Waals surface area (Å²) in [6.07, 6.45) is 5.67. The first kappa shape index (κ1) is 6.81. The van der Waals surface area contributed by atoms with Gasteiger partial charge in [-0.3, -0.25) is 0 Å². The molecule has 1 aromatic rings. The molecule has 1 radical (unpaired) electrons. The number of hydrogen-bond donors (Lipinski definition) is 0. The van der Waals surface area contributed by atoms with E-state index in [0.717, 1.165) is 0 Å². The quantitative estimate of drug-likeness (QED) is 0.538. The molecule has 0 N–H and O–H groups in total. The summed E-state index contributed by atoms with van der Waals surface area (Å²) in [5.41, 5.74) is 1.18. The molecule has 0 spiro atoms. The molecule has 1 aromatic carbocycles. The van der Waals surface area contributed by atoms with Crippen LogP contribution in [-0.4, -0.2) is 0 Å². The highest BCUT2D eigenvalue weighted by Crippen LogP contribution is 1.99. The van der Waals surface area contributed by atoms with E-state index in [1.165, 1.54) is 5.56 Å². The van der Waals surface area contributed by atoms with Crippen molar-refractivity contribution in [1.82, 2.24) is 0 Å². The Bertz CT molecular complexity index is 219. The van der Waals surface area contributed by atoms with Crippen LogP contribution in [0.15, 0.2) is 43.0 Å². The fourth-order valence-corrected chi connectivity index (χ4v) is 0.690. The van der Waals surface area contributed by atoms with Gasteiger partial charge in [-0.25, -0.2) is 0 Å². The minimum atomic E-state index is 1.18. The third kappa shape index (κ3) is 1.90. The molecule has 0 bridgehead atoms. The van der Waals surface area contributed by atoms with Gasteiger partial charge in [0.05, 0.1) is 0 Å². The first-order valence-corrected chi connectivity index (χ1v) is 3.18. The zero-order valence-electron chi connectivity index (χ0n) is 5.75. The maximum Gasteiger partial charge on any atom is -0.0184 e. The first-order valence-electron chi connectivity index (χ1n) is 3.18. The average Bonchev–Trinajstić information content (AvgIpc) is 2.03.